The molecule has 1 spiro atoms. The van der Waals surface area contributed by atoms with Gasteiger partial charge in [-0.25, -0.2) is 0 Å². The zero-order chi connectivity index (χ0) is 37.8. The minimum Gasteiger partial charge on any atom is -0.454 e. The molecule has 4 heterocycles. The number of ether oxygens (including phenoxy) is 2. The molecule has 0 radical (unpaired) electrons. The van der Waals surface area contributed by atoms with Gasteiger partial charge in [-0.15, -0.1) is 11.7 Å². The normalized spacial score (nSPS) is 22.4. The zero-order valence-electron chi connectivity index (χ0n) is 30.4. The van der Waals surface area contributed by atoms with Gasteiger partial charge in [-0.1, -0.05) is 72.8 Å². The molecule has 5 atom stereocenters. The molecule has 8 rings (SSSR count). The Kier molecular flexibility index (Phi) is 9.07. The molecule has 0 bridgehead atoms. The number of carbonyl (C=O) groups is 2. The van der Waals surface area contributed by atoms with Gasteiger partial charge in [-0.3, -0.25) is 19.2 Å². The molecule has 1 N–H and O–H groups in total. The average Bonchev–Trinajstić information content (AvgIpc) is 3.80. The lowest BCUT2D eigenvalue weighted by atomic mass is 9.82. The third-order valence-corrected chi connectivity index (χ3v) is 13.6. The highest BCUT2D eigenvalue weighted by molar-refractivity contribution is 6.72. The summed E-state index contributed by atoms with van der Waals surface area (Å²) in [4.78, 5) is 32.4. The molecule has 2 amide bonds. The van der Waals surface area contributed by atoms with E-state index < -0.39 is 31.6 Å². The van der Waals surface area contributed by atoms with Gasteiger partial charge < -0.3 is 23.6 Å². The van der Waals surface area contributed by atoms with Crippen LogP contribution < -0.4 is 14.5 Å². The number of para-hydroxylation sites is 3. The summed E-state index contributed by atoms with van der Waals surface area (Å²) in [6, 6.07) is 29.6. The van der Waals surface area contributed by atoms with Gasteiger partial charge in [0.1, 0.15) is 5.75 Å². The molecule has 3 aliphatic rings. The number of rotatable bonds is 10. The third-order valence-electron chi connectivity index (χ3n) is 11.1. The van der Waals surface area contributed by atoms with E-state index >= 15 is 4.11 Å². The molecule has 12 heteroatoms. The fourth-order valence-electron chi connectivity index (χ4n) is 8.72. The second-order valence-electron chi connectivity index (χ2n) is 14.7. The second-order valence-corrected chi connectivity index (χ2v) is 18.5. The van der Waals surface area contributed by atoms with E-state index in [1.807, 2.05) is 85.8 Å². The molecular weight excluding hydrogens is 702 g/mol. The molecule has 1 fully saturated rings. The Hall–Kier alpha value is -5.43. The fraction of sp³-hybridized carbons (Fsp3) is 0.286. The van der Waals surface area contributed by atoms with Crippen molar-refractivity contribution in [1.82, 2.24) is 15.0 Å². The van der Waals surface area contributed by atoms with Crippen LogP contribution in [0.3, 0.4) is 0 Å². The molecule has 276 valence electrons. The minimum atomic E-state index is -3.46. The van der Waals surface area contributed by atoms with E-state index in [2.05, 4.69) is 16.9 Å². The summed E-state index contributed by atoms with van der Waals surface area (Å²) in [7, 11) is -3.46. The minimum absolute atomic E-state index is 0.128. The Morgan fingerprint density at radius 2 is 1.70 bits per heavy atom. The number of anilines is 3. The van der Waals surface area contributed by atoms with Gasteiger partial charge in [-0.05, 0) is 67.5 Å². The summed E-state index contributed by atoms with van der Waals surface area (Å²) in [5, 5.41) is 18.9. The van der Waals surface area contributed by atoms with E-state index in [1.165, 1.54) is 0 Å². The third kappa shape index (κ3) is 5.76. The largest absolute Gasteiger partial charge is 0.454 e. The van der Waals surface area contributed by atoms with Crippen LogP contribution in [0, 0.1) is 5.92 Å². The molecule has 1 unspecified atom stereocenters. The molecule has 1 aromatic heterocycles. The van der Waals surface area contributed by atoms with Gasteiger partial charge >= 0.3 is 0 Å². The number of hydrogen-bond acceptors (Lipinski definition) is 7. The first-order valence-corrected chi connectivity index (χ1v) is 21.2. The van der Waals surface area contributed by atoms with Crippen molar-refractivity contribution in [2.24, 2.45) is 5.92 Å². The standard InChI is InChI=1S/C42H42FN5O5Si/c1-5-22-47-34-20-19-29(48-35-16-10-12-18-37(35)52-36-17-11-9-15-30(36)40(48)50)24-32(34)42(41(47)51)27(2)39(54(3,4)43)38(53-42)21-23-46-25-33(44-45-46)31(26-49)28-13-7-6-8-14-28/h5-20,24-25,27,31,38-39,49H,1,21-23,26H2,2-4H3/t27-,31?,38+,39-,42+/m1/s1. The predicted molar refractivity (Wildman–Crippen MR) is 206 cm³/mol. The van der Waals surface area contributed by atoms with E-state index in [0.717, 1.165) is 5.56 Å². The van der Waals surface area contributed by atoms with Crippen LogP contribution in [0.15, 0.2) is 116 Å². The summed E-state index contributed by atoms with van der Waals surface area (Å²) in [5.41, 5.74) is 2.21. The maximum absolute atomic E-state index is 16.6. The van der Waals surface area contributed by atoms with Crippen LogP contribution in [-0.2, 0) is 21.7 Å². The Balaban J connectivity index is 1.17. The monoisotopic (exact) mass is 743 g/mol. The number of amides is 2. The number of aromatic nitrogens is 3. The first kappa shape index (κ1) is 35.6. The average molecular weight is 744 g/mol. The number of benzene rings is 4. The molecule has 5 aromatic rings. The lowest BCUT2D eigenvalue weighted by Crippen LogP contribution is -2.45. The molecule has 3 aliphatic heterocycles. The van der Waals surface area contributed by atoms with E-state index in [0.29, 0.717) is 58.3 Å². The van der Waals surface area contributed by atoms with Crippen LogP contribution in [-0.4, -0.2) is 59.6 Å². The number of hydrogen-bond donors (Lipinski definition) is 1. The number of nitrogens with zero attached hydrogens (tertiary/aromatic N) is 5. The van der Waals surface area contributed by atoms with Crippen molar-refractivity contribution in [2.75, 3.05) is 23.0 Å². The Morgan fingerprint density at radius 3 is 2.44 bits per heavy atom. The van der Waals surface area contributed by atoms with E-state index in [1.54, 1.807) is 58.0 Å². The number of aryl methyl sites for hydroxylation is 1. The van der Waals surface area contributed by atoms with Crippen molar-refractivity contribution < 1.29 is 28.3 Å². The summed E-state index contributed by atoms with van der Waals surface area (Å²) in [6.07, 6.45) is 3.23. The highest BCUT2D eigenvalue weighted by Crippen LogP contribution is 2.61. The topological polar surface area (TPSA) is 110 Å². The maximum atomic E-state index is 16.6. The second kappa shape index (κ2) is 13.8. The van der Waals surface area contributed by atoms with Gasteiger partial charge in [-0.2, -0.15) is 0 Å². The molecule has 4 aromatic carbocycles. The molecule has 1 saturated heterocycles. The van der Waals surface area contributed by atoms with Crippen LogP contribution in [0.1, 0.15) is 46.4 Å². The highest BCUT2D eigenvalue weighted by Gasteiger charge is 2.66. The number of aliphatic hydroxyl groups is 1. The predicted octanol–water partition coefficient (Wildman–Crippen LogP) is 7.88. The van der Waals surface area contributed by atoms with Crippen molar-refractivity contribution in [1.29, 1.82) is 0 Å². The quantitative estimate of drug-likeness (QED) is 0.0881. The smallest absolute Gasteiger partial charge is 0.266 e. The first-order valence-electron chi connectivity index (χ1n) is 18.3. The number of aliphatic hydroxyl groups excluding tert-OH is 1. The van der Waals surface area contributed by atoms with Crippen molar-refractivity contribution in [3.63, 3.8) is 0 Å². The number of carbonyl (C=O) groups excluding carboxylic acids is 2. The lowest BCUT2D eigenvalue weighted by Gasteiger charge is -2.31. The Morgan fingerprint density at radius 1 is 0.981 bits per heavy atom. The Bertz CT molecular complexity index is 2240. The van der Waals surface area contributed by atoms with E-state index in [-0.39, 0.29) is 30.9 Å². The molecule has 0 saturated carbocycles. The van der Waals surface area contributed by atoms with Gasteiger partial charge in [0.05, 0.1) is 41.3 Å². The van der Waals surface area contributed by atoms with Gasteiger partial charge in [0.25, 0.3) is 11.8 Å². The van der Waals surface area contributed by atoms with Gasteiger partial charge in [0.15, 0.2) is 11.4 Å². The van der Waals surface area contributed by atoms with Gasteiger partial charge in [0.2, 0.25) is 8.41 Å². The van der Waals surface area contributed by atoms with Crippen molar-refractivity contribution in [2.45, 2.75) is 56.1 Å². The summed E-state index contributed by atoms with van der Waals surface area (Å²) >= 11 is 0. The van der Waals surface area contributed by atoms with Crippen molar-refractivity contribution in [3.05, 3.63) is 138 Å². The van der Waals surface area contributed by atoms with Crippen molar-refractivity contribution >= 4 is 37.3 Å². The van der Waals surface area contributed by atoms with E-state index in [4.69, 9.17) is 9.47 Å². The van der Waals surface area contributed by atoms with Crippen LogP contribution >= 0.6 is 0 Å². The van der Waals surface area contributed by atoms with Crippen LogP contribution in [0.4, 0.5) is 21.2 Å². The van der Waals surface area contributed by atoms with E-state index in [9.17, 15) is 14.7 Å². The Labute approximate surface area is 314 Å². The summed E-state index contributed by atoms with van der Waals surface area (Å²) < 4.78 is 31.5. The van der Waals surface area contributed by atoms with Crippen LogP contribution in [0.5, 0.6) is 11.5 Å². The van der Waals surface area contributed by atoms with Crippen LogP contribution in [0.25, 0.3) is 0 Å². The summed E-state index contributed by atoms with van der Waals surface area (Å²) in [6.45, 7) is 9.64. The molecule has 10 nitrogen and oxygen atoms in total. The van der Waals surface area contributed by atoms with Gasteiger partial charge in [0, 0.05) is 42.0 Å². The first-order chi connectivity index (χ1) is 26.1. The van der Waals surface area contributed by atoms with Crippen molar-refractivity contribution in [3.8, 4) is 11.5 Å². The molecule has 0 aliphatic carbocycles. The molecular formula is C42H42FN5O5Si. The maximum Gasteiger partial charge on any atom is 0.266 e. The van der Waals surface area contributed by atoms with Crippen LogP contribution in [0.2, 0.25) is 18.6 Å². The lowest BCUT2D eigenvalue weighted by molar-refractivity contribution is -0.145. The number of halogens is 1. The fourth-order valence-corrected chi connectivity index (χ4v) is 11.3. The zero-order valence-corrected chi connectivity index (χ0v) is 31.4. The SMILES string of the molecule is C=CCN1C(=O)[C@@]2(O[C@@H](CCn3cc(C(CO)c4ccccc4)nn3)[C@H]([Si](C)(C)F)[C@H]2C)c2cc(N3C(=O)c4ccccc4Oc4ccccc43)ccc21. The summed E-state index contributed by atoms with van der Waals surface area (Å²) in [5.74, 6) is -0.477. The molecule has 54 heavy (non-hydrogen) atoms. The highest BCUT2D eigenvalue weighted by atomic mass is 28.4. The number of fused-ring (bicyclic) bond motifs is 4.